The normalized spacial score (nSPS) is 11.9. The van der Waals surface area contributed by atoms with Crippen molar-refractivity contribution >= 4 is 22.9 Å². The van der Waals surface area contributed by atoms with Crippen LogP contribution < -0.4 is 5.32 Å². The van der Waals surface area contributed by atoms with Crippen molar-refractivity contribution in [3.8, 4) is 0 Å². The van der Waals surface area contributed by atoms with Gasteiger partial charge in [0.2, 0.25) is 11.9 Å². The molecule has 2 aromatic heterocycles. The fourth-order valence-electron chi connectivity index (χ4n) is 2.73. The van der Waals surface area contributed by atoms with Crippen molar-refractivity contribution in [3.05, 3.63) is 41.7 Å². The number of para-hydroxylation sites is 2. The Kier molecular flexibility index (Phi) is 4.71. The smallest absolute Gasteiger partial charge is 0.310 e. The summed E-state index contributed by atoms with van der Waals surface area (Å²) < 4.78 is 41.1. The number of carbonyl (C=O) groups excluding carboxylic acids is 1. The highest BCUT2D eigenvalue weighted by Crippen LogP contribution is 2.28. The van der Waals surface area contributed by atoms with E-state index in [2.05, 4.69) is 15.4 Å². The largest absolute Gasteiger partial charge is 0.435 e. The highest BCUT2D eigenvalue weighted by molar-refractivity contribution is 5.91. The van der Waals surface area contributed by atoms with Gasteiger partial charge in [0.05, 0.1) is 11.0 Å². The summed E-state index contributed by atoms with van der Waals surface area (Å²) in [5, 5.41) is 6.15. The van der Waals surface area contributed by atoms with Gasteiger partial charge in [-0.2, -0.15) is 18.3 Å². The van der Waals surface area contributed by atoms with E-state index in [1.807, 2.05) is 35.8 Å². The van der Waals surface area contributed by atoms with E-state index in [4.69, 9.17) is 0 Å². The Morgan fingerprint density at radius 1 is 1.27 bits per heavy atom. The lowest BCUT2D eigenvalue weighted by Crippen LogP contribution is -2.22. The lowest BCUT2D eigenvalue weighted by Gasteiger charge is -2.09. The monoisotopic (exact) mass is 365 g/mol. The quantitative estimate of drug-likeness (QED) is 0.751. The number of hydrogen-bond acceptors (Lipinski definition) is 3. The maximum absolute atomic E-state index is 12.7. The van der Waals surface area contributed by atoms with Crippen LogP contribution in [0.3, 0.4) is 0 Å². The first-order chi connectivity index (χ1) is 12.3. The molecular formula is C17H18F3N5O. The number of imidazole rings is 1. The second-order valence-corrected chi connectivity index (χ2v) is 5.95. The highest BCUT2D eigenvalue weighted by Gasteiger charge is 2.34. The van der Waals surface area contributed by atoms with E-state index in [0.717, 1.165) is 28.2 Å². The Morgan fingerprint density at radius 3 is 2.65 bits per heavy atom. The lowest BCUT2D eigenvalue weighted by molar-refractivity contribution is -0.141. The molecule has 0 atom stereocenters. The maximum atomic E-state index is 12.7. The van der Waals surface area contributed by atoms with Crippen molar-refractivity contribution in [1.29, 1.82) is 0 Å². The second-order valence-electron chi connectivity index (χ2n) is 5.95. The zero-order chi connectivity index (χ0) is 18.9. The molecule has 0 aliphatic heterocycles. The van der Waals surface area contributed by atoms with Crippen LogP contribution in [0, 0.1) is 6.92 Å². The summed E-state index contributed by atoms with van der Waals surface area (Å²) in [5.41, 5.74) is 0.876. The number of aryl methyl sites for hydroxylation is 2. The average Bonchev–Trinajstić information content (AvgIpc) is 3.09. The van der Waals surface area contributed by atoms with Crippen LogP contribution in [0.2, 0.25) is 0 Å². The summed E-state index contributed by atoms with van der Waals surface area (Å²) >= 11 is 0. The number of rotatable bonds is 5. The summed E-state index contributed by atoms with van der Waals surface area (Å²) in [4.78, 5) is 16.7. The van der Waals surface area contributed by atoms with Crippen molar-refractivity contribution in [1.82, 2.24) is 19.3 Å². The van der Waals surface area contributed by atoms with Crippen molar-refractivity contribution in [2.24, 2.45) is 0 Å². The topological polar surface area (TPSA) is 64.7 Å². The number of alkyl halides is 3. The fraction of sp³-hybridized carbons (Fsp3) is 0.353. The Hall–Kier alpha value is -2.84. The first-order valence-corrected chi connectivity index (χ1v) is 8.16. The molecule has 0 saturated carbocycles. The minimum absolute atomic E-state index is 0.259. The van der Waals surface area contributed by atoms with Crippen LogP contribution >= 0.6 is 0 Å². The van der Waals surface area contributed by atoms with Crippen LogP contribution in [0.4, 0.5) is 19.1 Å². The summed E-state index contributed by atoms with van der Waals surface area (Å²) in [5.74, 6) is -0.114. The van der Waals surface area contributed by atoms with Gasteiger partial charge < -0.3 is 4.57 Å². The van der Waals surface area contributed by atoms with Crippen LogP contribution in [0.5, 0.6) is 0 Å². The molecule has 1 aromatic carbocycles. The molecule has 2 heterocycles. The molecule has 138 valence electrons. The van der Waals surface area contributed by atoms with Crippen molar-refractivity contribution in [2.75, 3.05) is 5.32 Å². The Labute approximate surface area is 147 Å². The molecule has 0 spiro atoms. The minimum atomic E-state index is -4.54. The number of benzene rings is 1. The van der Waals surface area contributed by atoms with E-state index < -0.39 is 17.8 Å². The molecule has 0 unspecified atom stereocenters. The third-order valence-corrected chi connectivity index (χ3v) is 3.92. The molecule has 0 radical (unpaired) electrons. The summed E-state index contributed by atoms with van der Waals surface area (Å²) in [6, 6.07) is 8.39. The molecular weight excluding hydrogens is 347 g/mol. The van der Waals surface area contributed by atoms with Gasteiger partial charge in [-0.15, -0.1) is 0 Å². The van der Waals surface area contributed by atoms with E-state index in [9.17, 15) is 18.0 Å². The zero-order valence-corrected chi connectivity index (χ0v) is 14.3. The number of halogens is 3. The number of amides is 1. The predicted octanol–water partition coefficient (Wildman–Crippen LogP) is 3.61. The lowest BCUT2D eigenvalue weighted by atomic mass is 10.3. The molecule has 3 rings (SSSR count). The van der Waals surface area contributed by atoms with Crippen molar-refractivity contribution in [2.45, 2.75) is 39.5 Å². The number of hydrogen-bond donors (Lipinski definition) is 1. The third-order valence-electron chi connectivity index (χ3n) is 3.92. The molecule has 0 saturated heterocycles. The first-order valence-electron chi connectivity index (χ1n) is 8.16. The molecule has 1 N–H and O–H groups in total. The number of aromatic nitrogens is 4. The van der Waals surface area contributed by atoms with Gasteiger partial charge in [-0.05, 0) is 31.5 Å². The second kappa shape index (κ2) is 6.81. The molecule has 26 heavy (non-hydrogen) atoms. The van der Waals surface area contributed by atoms with Gasteiger partial charge in [0.25, 0.3) is 0 Å². The van der Waals surface area contributed by atoms with E-state index >= 15 is 0 Å². The van der Waals surface area contributed by atoms with Crippen LogP contribution in [0.1, 0.15) is 24.7 Å². The molecule has 9 heteroatoms. The van der Waals surface area contributed by atoms with Crippen LogP contribution in [-0.4, -0.2) is 25.2 Å². The number of nitrogens with one attached hydrogen (secondary N) is 1. The van der Waals surface area contributed by atoms with Gasteiger partial charge in [0, 0.05) is 12.2 Å². The molecule has 0 aliphatic carbocycles. The number of anilines is 1. The van der Waals surface area contributed by atoms with E-state index in [1.54, 1.807) is 0 Å². The van der Waals surface area contributed by atoms with E-state index in [-0.39, 0.29) is 12.2 Å². The molecule has 3 aromatic rings. The Bertz CT molecular complexity index is 942. The standard InChI is InChI=1S/C17H18F3N5O/c1-3-8-24-13-7-5-4-6-12(13)21-16(24)22-15(26)10-25-11(2)9-14(23-25)17(18,19)20/h4-7,9H,3,8,10H2,1-2H3,(H,21,22,26). The van der Waals surface area contributed by atoms with E-state index in [1.165, 1.54) is 6.92 Å². The summed E-state index contributed by atoms with van der Waals surface area (Å²) in [6.45, 7) is 3.82. The fourth-order valence-corrected chi connectivity index (χ4v) is 2.73. The van der Waals surface area contributed by atoms with Gasteiger partial charge in [-0.1, -0.05) is 19.1 Å². The molecule has 6 nitrogen and oxygen atoms in total. The van der Waals surface area contributed by atoms with Crippen LogP contribution in [0.25, 0.3) is 11.0 Å². The molecule has 0 aliphatic rings. The molecule has 0 bridgehead atoms. The van der Waals surface area contributed by atoms with E-state index in [0.29, 0.717) is 12.5 Å². The number of nitrogens with zero attached hydrogens (tertiary/aromatic N) is 4. The minimum Gasteiger partial charge on any atom is -0.310 e. The molecule has 1 amide bonds. The number of fused-ring (bicyclic) bond motifs is 1. The van der Waals surface area contributed by atoms with Gasteiger partial charge in [0.1, 0.15) is 6.54 Å². The van der Waals surface area contributed by atoms with Gasteiger partial charge in [-0.25, -0.2) is 4.98 Å². The maximum Gasteiger partial charge on any atom is 0.435 e. The van der Waals surface area contributed by atoms with Crippen LogP contribution in [-0.2, 0) is 24.1 Å². The first kappa shape index (κ1) is 18.0. The summed E-state index contributed by atoms with van der Waals surface area (Å²) in [7, 11) is 0. The Morgan fingerprint density at radius 2 is 2.00 bits per heavy atom. The predicted molar refractivity (Wildman–Crippen MR) is 90.6 cm³/mol. The van der Waals surface area contributed by atoms with Gasteiger partial charge >= 0.3 is 6.18 Å². The zero-order valence-electron chi connectivity index (χ0n) is 14.3. The van der Waals surface area contributed by atoms with Gasteiger partial charge in [-0.3, -0.25) is 14.8 Å². The highest BCUT2D eigenvalue weighted by atomic mass is 19.4. The average molecular weight is 365 g/mol. The van der Waals surface area contributed by atoms with Crippen molar-refractivity contribution < 1.29 is 18.0 Å². The SMILES string of the molecule is CCCn1c(NC(=O)Cn2nc(C(F)(F)F)cc2C)nc2ccccc21. The Balaban J connectivity index is 1.82. The van der Waals surface area contributed by atoms with Crippen LogP contribution in [0.15, 0.2) is 30.3 Å². The third kappa shape index (κ3) is 3.56. The van der Waals surface area contributed by atoms with Gasteiger partial charge in [0.15, 0.2) is 5.69 Å². The summed E-state index contributed by atoms with van der Waals surface area (Å²) in [6.07, 6.45) is -3.70. The molecule has 0 fully saturated rings. The van der Waals surface area contributed by atoms with Crippen molar-refractivity contribution in [3.63, 3.8) is 0 Å². The number of carbonyl (C=O) groups is 1.